The minimum Gasteiger partial charge on any atom is -0.380 e. The number of rotatable bonds is 1. The van der Waals surface area contributed by atoms with Gasteiger partial charge in [-0.3, -0.25) is 4.98 Å². The van der Waals surface area contributed by atoms with Crippen molar-refractivity contribution in [3.8, 4) is 0 Å². The van der Waals surface area contributed by atoms with Crippen molar-refractivity contribution in [1.29, 1.82) is 0 Å². The third-order valence-corrected chi connectivity index (χ3v) is 3.00. The van der Waals surface area contributed by atoms with E-state index in [4.69, 9.17) is 4.74 Å². The van der Waals surface area contributed by atoms with Gasteiger partial charge in [0.05, 0.1) is 18.2 Å². The maximum atomic E-state index is 13.6. The van der Waals surface area contributed by atoms with Crippen LogP contribution >= 0.6 is 0 Å². The average molecular weight is 248 g/mol. The second-order valence-corrected chi connectivity index (χ2v) is 4.17. The lowest BCUT2D eigenvalue weighted by atomic mass is 10.2. The van der Waals surface area contributed by atoms with E-state index in [9.17, 15) is 4.39 Å². The van der Waals surface area contributed by atoms with Gasteiger partial charge in [0.25, 0.3) is 0 Å². The molecule has 0 spiro atoms. The standard InChI is InChI=1S/C12H13FN4O/c13-10-7-14-6-9-11(10)15-8-16-12(9)17-2-1-4-18-5-3-17/h6-8H,1-5H2. The van der Waals surface area contributed by atoms with Crippen LogP contribution in [0.4, 0.5) is 10.2 Å². The Morgan fingerprint density at radius 3 is 3.06 bits per heavy atom. The highest BCUT2D eigenvalue weighted by Crippen LogP contribution is 2.24. The van der Waals surface area contributed by atoms with Gasteiger partial charge < -0.3 is 9.64 Å². The molecule has 1 aliphatic rings. The Morgan fingerprint density at radius 2 is 2.11 bits per heavy atom. The maximum Gasteiger partial charge on any atom is 0.167 e. The largest absolute Gasteiger partial charge is 0.380 e. The molecule has 18 heavy (non-hydrogen) atoms. The summed E-state index contributed by atoms with van der Waals surface area (Å²) in [7, 11) is 0. The Hall–Kier alpha value is -1.82. The van der Waals surface area contributed by atoms with Gasteiger partial charge in [-0.25, -0.2) is 14.4 Å². The van der Waals surface area contributed by atoms with Crippen molar-refractivity contribution in [3.05, 3.63) is 24.5 Å². The second kappa shape index (κ2) is 4.81. The molecule has 2 aromatic heterocycles. The van der Waals surface area contributed by atoms with Gasteiger partial charge in [0.2, 0.25) is 0 Å². The van der Waals surface area contributed by atoms with Crippen molar-refractivity contribution in [2.75, 3.05) is 31.2 Å². The van der Waals surface area contributed by atoms with Gasteiger partial charge in [0.15, 0.2) is 5.82 Å². The average Bonchev–Trinajstić information content (AvgIpc) is 2.67. The van der Waals surface area contributed by atoms with E-state index in [2.05, 4.69) is 19.9 Å². The van der Waals surface area contributed by atoms with Crippen LogP contribution < -0.4 is 4.90 Å². The molecule has 1 aliphatic heterocycles. The van der Waals surface area contributed by atoms with Gasteiger partial charge in [-0.2, -0.15) is 0 Å². The van der Waals surface area contributed by atoms with E-state index in [1.54, 1.807) is 6.20 Å². The third kappa shape index (κ3) is 1.99. The number of hydrogen-bond acceptors (Lipinski definition) is 5. The lowest BCUT2D eigenvalue weighted by Crippen LogP contribution is -2.27. The lowest BCUT2D eigenvalue weighted by Gasteiger charge is -2.21. The second-order valence-electron chi connectivity index (χ2n) is 4.17. The molecule has 0 aromatic carbocycles. The molecule has 1 fully saturated rings. The highest BCUT2D eigenvalue weighted by Gasteiger charge is 2.16. The number of ether oxygens (including phenoxy) is 1. The smallest absolute Gasteiger partial charge is 0.167 e. The molecule has 0 atom stereocenters. The minimum atomic E-state index is -0.415. The molecule has 94 valence electrons. The van der Waals surface area contributed by atoms with Crippen LogP contribution in [0.2, 0.25) is 0 Å². The van der Waals surface area contributed by atoms with Gasteiger partial charge in [-0.1, -0.05) is 0 Å². The summed E-state index contributed by atoms with van der Waals surface area (Å²) in [5.41, 5.74) is 0.320. The summed E-state index contributed by atoms with van der Waals surface area (Å²) >= 11 is 0. The number of halogens is 1. The Labute approximate surface area is 104 Å². The minimum absolute atomic E-state index is 0.320. The van der Waals surface area contributed by atoms with Crippen LogP contribution in [0, 0.1) is 5.82 Å². The fourth-order valence-corrected chi connectivity index (χ4v) is 2.14. The van der Waals surface area contributed by atoms with Crippen molar-refractivity contribution < 1.29 is 9.13 Å². The molecule has 0 bridgehead atoms. The molecule has 5 nitrogen and oxygen atoms in total. The molecule has 0 aliphatic carbocycles. The van der Waals surface area contributed by atoms with Crippen LogP contribution in [0.25, 0.3) is 10.9 Å². The van der Waals surface area contributed by atoms with Crippen molar-refractivity contribution in [2.24, 2.45) is 0 Å². The van der Waals surface area contributed by atoms with Crippen molar-refractivity contribution >= 4 is 16.7 Å². The first-order valence-corrected chi connectivity index (χ1v) is 5.93. The number of hydrogen-bond donors (Lipinski definition) is 0. The maximum absolute atomic E-state index is 13.6. The van der Waals surface area contributed by atoms with Crippen LogP contribution in [0.15, 0.2) is 18.7 Å². The van der Waals surface area contributed by atoms with E-state index >= 15 is 0 Å². The van der Waals surface area contributed by atoms with E-state index < -0.39 is 5.82 Å². The SMILES string of the molecule is Fc1cncc2c(N3CCCOCC3)ncnc12. The summed E-state index contributed by atoms with van der Waals surface area (Å²) < 4.78 is 19.0. The molecule has 0 unspecified atom stereocenters. The lowest BCUT2D eigenvalue weighted by molar-refractivity contribution is 0.152. The monoisotopic (exact) mass is 248 g/mol. The topological polar surface area (TPSA) is 51.1 Å². The molecule has 0 radical (unpaired) electrons. The summed E-state index contributed by atoms with van der Waals surface area (Å²) in [5, 5.41) is 0.652. The van der Waals surface area contributed by atoms with E-state index in [0.29, 0.717) is 17.5 Å². The van der Waals surface area contributed by atoms with Crippen LogP contribution in [0.3, 0.4) is 0 Å². The zero-order valence-electron chi connectivity index (χ0n) is 9.84. The number of aromatic nitrogens is 3. The first-order chi connectivity index (χ1) is 8.86. The van der Waals surface area contributed by atoms with Crippen molar-refractivity contribution in [1.82, 2.24) is 15.0 Å². The van der Waals surface area contributed by atoms with Crippen LogP contribution in [0.5, 0.6) is 0 Å². The van der Waals surface area contributed by atoms with Gasteiger partial charge in [0, 0.05) is 25.9 Å². The quantitative estimate of drug-likeness (QED) is 0.763. The van der Waals surface area contributed by atoms with E-state index in [1.807, 2.05) is 0 Å². The summed E-state index contributed by atoms with van der Waals surface area (Å²) in [6, 6.07) is 0. The highest BCUT2D eigenvalue weighted by atomic mass is 19.1. The molecule has 0 saturated carbocycles. The number of fused-ring (bicyclic) bond motifs is 1. The molecule has 0 N–H and O–H groups in total. The summed E-state index contributed by atoms with van der Waals surface area (Å²) in [5.74, 6) is 0.319. The predicted octanol–water partition coefficient (Wildman–Crippen LogP) is 1.39. The molecule has 6 heteroatoms. The van der Waals surface area contributed by atoms with E-state index in [1.165, 1.54) is 12.5 Å². The fourth-order valence-electron chi connectivity index (χ4n) is 2.14. The predicted molar refractivity (Wildman–Crippen MR) is 64.9 cm³/mol. The molecular weight excluding hydrogens is 235 g/mol. The Balaban J connectivity index is 2.08. The number of anilines is 1. The van der Waals surface area contributed by atoms with Gasteiger partial charge in [-0.05, 0) is 6.42 Å². The zero-order chi connectivity index (χ0) is 12.4. The Kier molecular flexibility index (Phi) is 3.02. The van der Waals surface area contributed by atoms with E-state index in [0.717, 1.165) is 31.9 Å². The normalized spacial score (nSPS) is 16.8. The Bertz CT molecular complexity index is 555. The number of pyridine rings is 1. The van der Waals surface area contributed by atoms with Crippen molar-refractivity contribution in [3.63, 3.8) is 0 Å². The van der Waals surface area contributed by atoms with Crippen LogP contribution in [0.1, 0.15) is 6.42 Å². The van der Waals surface area contributed by atoms with Crippen LogP contribution in [-0.4, -0.2) is 41.3 Å². The molecule has 3 heterocycles. The van der Waals surface area contributed by atoms with Gasteiger partial charge >= 0.3 is 0 Å². The molecular formula is C12H13FN4O. The third-order valence-electron chi connectivity index (χ3n) is 3.00. The van der Waals surface area contributed by atoms with Crippen molar-refractivity contribution in [2.45, 2.75) is 6.42 Å². The van der Waals surface area contributed by atoms with Gasteiger partial charge in [0.1, 0.15) is 17.7 Å². The first-order valence-electron chi connectivity index (χ1n) is 5.93. The fraction of sp³-hybridized carbons (Fsp3) is 0.417. The zero-order valence-corrected chi connectivity index (χ0v) is 9.84. The molecule has 2 aromatic rings. The molecule has 0 amide bonds. The number of nitrogens with zero attached hydrogens (tertiary/aromatic N) is 4. The first kappa shape index (κ1) is 11.3. The Morgan fingerprint density at radius 1 is 1.17 bits per heavy atom. The summed E-state index contributed by atoms with van der Waals surface area (Å²) in [4.78, 5) is 14.2. The molecule has 1 saturated heterocycles. The van der Waals surface area contributed by atoms with Crippen LogP contribution in [-0.2, 0) is 4.74 Å². The van der Waals surface area contributed by atoms with E-state index in [-0.39, 0.29) is 0 Å². The summed E-state index contributed by atoms with van der Waals surface area (Å²) in [6.45, 7) is 3.02. The molecule has 3 rings (SSSR count). The summed E-state index contributed by atoms with van der Waals surface area (Å²) in [6.07, 6.45) is 5.12. The van der Waals surface area contributed by atoms with Gasteiger partial charge in [-0.15, -0.1) is 0 Å². The highest BCUT2D eigenvalue weighted by molar-refractivity contribution is 5.88.